The van der Waals surface area contributed by atoms with Crippen LogP contribution in [0.15, 0.2) is 48.1 Å². The number of imidazole rings is 1. The van der Waals surface area contributed by atoms with E-state index in [2.05, 4.69) is 24.1 Å². The number of allylic oxidation sites excluding steroid dienone is 2. The Hall–Kier alpha value is -2.79. The number of carbonyl (C=O) groups is 1. The first kappa shape index (κ1) is 31.2. The predicted octanol–water partition coefficient (Wildman–Crippen LogP) is 7.43. The average molecular weight is 488 g/mol. The first-order chi connectivity index (χ1) is 16.4. The fraction of sp³-hybridized carbons (Fsp3) is 0.429. The van der Waals surface area contributed by atoms with Gasteiger partial charge in [-0.05, 0) is 49.1 Å². The molecule has 2 aromatic rings. The molecule has 188 valence electrons. The van der Waals surface area contributed by atoms with Crippen molar-refractivity contribution < 1.29 is 9.53 Å². The Balaban J connectivity index is 0.00000138. The number of aryl methyl sites for hydroxylation is 1. The van der Waals surface area contributed by atoms with Crippen LogP contribution in [0.1, 0.15) is 71.5 Å². The fourth-order valence-corrected chi connectivity index (χ4v) is 2.80. The number of hydrogen-bond acceptors (Lipinski definition) is 3. The first-order valence-electron chi connectivity index (χ1n) is 12.0. The SMILES string of the molecule is C/C=C/c1cn(CCC(=O)NCC(C)C)c(/C=C/c2ccc(OC)cc2)n1.CC.CC/C=C/Cl. The van der Waals surface area contributed by atoms with Crippen molar-refractivity contribution in [1.82, 2.24) is 14.9 Å². The van der Waals surface area contributed by atoms with Gasteiger partial charge in [0.1, 0.15) is 11.6 Å². The number of ether oxygens (including phenoxy) is 1. The van der Waals surface area contributed by atoms with Crippen molar-refractivity contribution in [2.24, 2.45) is 5.92 Å². The lowest BCUT2D eigenvalue weighted by Crippen LogP contribution is -2.28. The quantitative estimate of drug-likeness (QED) is 0.379. The third-order valence-corrected chi connectivity index (χ3v) is 4.49. The van der Waals surface area contributed by atoms with Crippen LogP contribution in [-0.4, -0.2) is 29.1 Å². The van der Waals surface area contributed by atoms with Gasteiger partial charge >= 0.3 is 0 Å². The van der Waals surface area contributed by atoms with Crippen LogP contribution in [0.3, 0.4) is 0 Å². The molecule has 0 unspecified atom stereocenters. The molecule has 0 atom stereocenters. The van der Waals surface area contributed by atoms with Gasteiger partial charge in [-0.15, -0.1) is 0 Å². The van der Waals surface area contributed by atoms with Gasteiger partial charge in [0, 0.05) is 31.2 Å². The van der Waals surface area contributed by atoms with E-state index in [0.29, 0.717) is 25.4 Å². The summed E-state index contributed by atoms with van der Waals surface area (Å²) >= 11 is 5.12. The van der Waals surface area contributed by atoms with E-state index in [1.165, 1.54) is 5.54 Å². The molecule has 2 rings (SSSR count). The molecule has 6 heteroatoms. The summed E-state index contributed by atoms with van der Waals surface area (Å²) < 4.78 is 7.20. The molecule has 1 heterocycles. The number of amides is 1. The van der Waals surface area contributed by atoms with Crippen LogP contribution >= 0.6 is 11.6 Å². The molecular weight excluding hydrogens is 446 g/mol. The summed E-state index contributed by atoms with van der Waals surface area (Å²) in [4.78, 5) is 16.6. The number of rotatable bonds is 10. The van der Waals surface area contributed by atoms with Crippen LogP contribution in [0, 0.1) is 5.92 Å². The number of halogens is 1. The Bertz CT molecular complexity index is 882. The fourth-order valence-electron chi connectivity index (χ4n) is 2.62. The Morgan fingerprint density at radius 3 is 2.35 bits per heavy atom. The van der Waals surface area contributed by atoms with E-state index in [9.17, 15) is 4.79 Å². The third kappa shape index (κ3) is 13.7. The van der Waals surface area contributed by atoms with Crippen molar-refractivity contribution in [2.45, 2.75) is 60.9 Å². The largest absolute Gasteiger partial charge is 0.497 e. The van der Waals surface area contributed by atoms with Crippen molar-refractivity contribution in [3.8, 4) is 5.75 Å². The maximum Gasteiger partial charge on any atom is 0.221 e. The molecule has 0 saturated heterocycles. The van der Waals surface area contributed by atoms with E-state index in [-0.39, 0.29) is 5.91 Å². The molecule has 1 aromatic heterocycles. The molecule has 0 saturated carbocycles. The zero-order valence-corrected chi connectivity index (χ0v) is 22.6. The van der Waals surface area contributed by atoms with Crippen molar-refractivity contribution >= 4 is 35.7 Å². The zero-order chi connectivity index (χ0) is 25.8. The van der Waals surface area contributed by atoms with Gasteiger partial charge in [0.05, 0.1) is 12.8 Å². The van der Waals surface area contributed by atoms with Gasteiger partial charge in [-0.2, -0.15) is 0 Å². The van der Waals surface area contributed by atoms with Crippen LogP contribution in [0.5, 0.6) is 5.75 Å². The van der Waals surface area contributed by atoms with E-state index in [1.54, 1.807) is 7.11 Å². The van der Waals surface area contributed by atoms with Crippen molar-refractivity contribution in [2.75, 3.05) is 13.7 Å². The second-order valence-electron chi connectivity index (χ2n) is 7.54. The summed E-state index contributed by atoms with van der Waals surface area (Å²) in [5.74, 6) is 2.17. The van der Waals surface area contributed by atoms with Gasteiger partial charge in [0.2, 0.25) is 5.91 Å². The van der Waals surface area contributed by atoms with Gasteiger partial charge in [0.25, 0.3) is 0 Å². The Morgan fingerprint density at radius 1 is 1.18 bits per heavy atom. The van der Waals surface area contributed by atoms with E-state index in [1.807, 2.05) is 93.1 Å². The molecule has 0 aliphatic heterocycles. The number of methoxy groups -OCH3 is 1. The van der Waals surface area contributed by atoms with Crippen LogP contribution < -0.4 is 10.1 Å². The van der Waals surface area contributed by atoms with E-state index in [4.69, 9.17) is 16.3 Å². The molecule has 0 bridgehead atoms. The summed E-state index contributed by atoms with van der Waals surface area (Å²) in [6.07, 6.45) is 13.2. The maximum atomic E-state index is 12.0. The third-order valence-electron chi connectivity index (χ3n) is 4.32. The molecule has 5 nitrogen and oxygen atoms in total. The molecule has 0 fully saturated rings. The highest BCUT2D eigenvalue weighted by molar-refractivity contribution is 6.25. The first-order valence-corrected chi connectivity index (χ1v) is 12.4. The van der Waals surface area contributed by atoms with Crippen molar-refractivity contribution in [3.63, 3.8) is 0 Å². The van der Waals surface area contributed by atoms with Gasteiger partial charge in [-0.1, -0.05) is 76.6 Å². The summed E-state index contributed by atoms with van der Waals surface area (Å²) in [5.41, 5.74) is 3.47. The lowest BCUT2D eigenvalue weighted by molar-refractivity contribution is -0.121. The van der Waals surface area contributed by atoms with Crippen LogP contribution in [0.4, 0.5) is 0 Å². The number of aromatic nitrogens is 2. The summed E-state index contributed by atoms with van der Waals surface area (Å²) in [6.45, 7) is 13.5. The predicted molar refractivity (Wildman–Crippen MR) is 148 cm³/mol. The Morgan fingerprint density at radius 2 is 1.85 bits per heavy atom. The number of nitrogens with zero attached hydrogens (tertiary/aromatic N) is 2. The molecule has 1 N–H and O–H groups in total. The number of benzene rings is 1. The van der Waals surface area contributed by atoms with E-state index < -0.39 is 0 Å². The Kier molecular flexibility index (Phi) is 18.0. The van der Waals surface area contributed by atoms with Crippen LogP contribution in [0.25, 0.3) is 18.2 Å². The monoisotopic (exact) mass is 487 g/mol. The number of hydrogen-bond donors (Lipinski definition) is 1. The lowest BCUT2D eigenvalue weighted by atomic mass is 10.2. The molecule has 0 aliphatic carbocycles. The van der Waals surface area contributed by atoms with Gasteiger partial charge in [-0.25, -0.2) is 4.98 Å². The summed E-state index contributed by atoms with van der Waals surface area (Å²) in [6, 6.07) is 7.84. The molecule has 0 radical (unpaired) electrons. The minimum absolute atomic E-state index is 0.0649. The lowest BCUT2D eigenvalue weighted by Gasteiger charge is -2.08. The molecule has 0 spiro atoms. The minimum Gasteiger partial charge on any atom is -0.497 e. The van der Waals surface area contributed by atoms with Gasteiger partial charge < -0.3 is 14.6 Å². The second kappa shape index (κ2) is 19.7. The normalized spacial score (nSPS) is 10.9. The highest BCUT2D eigenvalue weighted by atomic mass is 35.5. The van der Waals surface area contributed by atoms with Gasteiger partial charge in [-0.3, -0.25) is 4.79 Å². The molecular formula is C28H42ClN3O2. The topological polar surface area (TPSA) is 56.2 Å². The standard InChI is InChI=1S/C22H29N3O2.C4H7Cl.C2H6/c1-5-6-19-16-25(14-13-22(26)23-15-17(2)3)21(24-19)12-9-18-7-10-20(27-4)11-8-18;1-2-3-4-5;1-2/h5-12,16-17H,13-15H2,1-4H3,(H,23,26);3-4H,2H2,1H3;1-2H3/b6-5+,12-9+;4-3+;. The highest BCUT2D eigenvalue weighted by Crippen LogP contribution is 2.15. The minimum atomic E-state index is 0.0649. The van der Waals surface area contributed by atoms with E-state index in [0.717, 1.165) is 29.3 Å². The van der Waals surface area contributed by atoms with Gasteiger partial charge in [0.15, 0.2) is 0 Å². The zero-order valence-electron chi connectivity index (χ0n) is 21.8. The number of carbonyl (C=O) groups excluding carboxylic acids is 1. The molecule has 1 amide bonds. The second-order valence-corrected chi connectivity index (χ2v) is 7.79. The van der Waals surface area contributed by atoms with E-state index >= 15 is 0 Å². The highest BCUT2D eigenvalue weighted by Gasteiger charge is 2.07. The van der Waals surface area contributed by atoms with Crippen molar-refractivity contribution in [1.29, 1.82) is 0 Å². The van der Waals surface area contributed by atoms with Crippen LogP contribution in [-0.2, 0) is 11.3 Å². The summed E-state index contributed by atoms with van der Waals surface area (Å²) in [7, 11) is 1.65. The smallest absolute Gasteiger partial charge is 0.221 e. The van der Waals surface area contributed by atoms with Crippen molar-refractivity contribution in [3.05, 3.63) is 65.2 Å². The number of nitrogens with one attached hydrogen (secondary N) is 1. The average Bonchev–Trinajstić information content (AvgIpc) is 3.24. The van der Waals surface area contributed by atoms with Crippen LogP contribution in [0.2, 0.25) is 0 Å². The Labute approximate surface area is 211 Å². The summed E-state index contributed by atoms with van der Waals surface area (Å²) in [5, 5.41) is 2.96. The maximum absolute atomic E-state index is 12.0. The molecule has 0 aliphatic rings. The molecule has 34 heavy (non-hydrogen) atoms. The molecule has 1 aromatic carbocycles.